The number of anilines is 1. The van der Waals surface area contributed by atoms with Crippen LogP contribution >= 0.6 is 0 Å². The molecule has 0 bridgehead atoms. The Balaban J connectivity index is 1.72. The Morgan fingerprint density at radius 1 is 1.25 bits per heavy atom. The summed E-state index contributed by atoms with van der Waals surface area (Å²) >= 11 is 0. The summed E-state index contributed by atoms with van der Waals surface area (Å²) in [6, 6.07) is 7.50. The summed E-state index contributed by atoms with van der Waals surface area (Å²) in [5.74, 6) is -0.0535. The van der Waals surface area contributed by atoms with Gasteiger partial charge in [0.1, 0.15) is 0 Å². The fourth-order valence-corrected chi connectivity index (χ4v) is 2.62. The molecule has 1 saturated carbocycles. The average molecular weight is 276 g/mol. The van der Waals surface area contributed by atoms with E-state index in [0.717, 1.165) is 18.5 Å². The van der Waals surface area contributed by atoms with Gasteiger partial charge in [-0.1, -0.05) is 31.4 Å². The number of carbonyl (C=O) groups is 1. The Morgan fingerprint density at radius 2 is 2.00 bits per heavy atom. The van der Waals surface area contributed by atoms with Crippen LogP contribution in [0.2, 0.25) is 0 Å². The van der Waals surface area contributed by atoms with Gasteiger partial charge in [-0.05, 0) is 25.0 Å². The van der Waals surface area contributed by atoms with Gasteiger partial charge >= 0.3 is 0 Å². The molecule has 1 amide bonds. The summed E-state index contributed by atoms with van der Waals surface area (Å²) in [6.45, 7) is 1.16. The first kappa shape index (κ1) is 14.9. The number of rotatable bonds is 6. The Bertz CT molecular complexity index is 428. The van der Waals surface area contributed by atoms with Crippen molar-refractivity contribution in [2.75, 3.05) is 25.5 Å². The van der Waals surface area contributed by atoms with E-state index in [0.29, 0.717) is 24.8 Å². The van der Waals surface area contributed by atoms with Crippen LogP contribution in [-0.4, -0.2) is 32.2 Å². The van der Waals surface area contributed by atoms with Crippen molar-refractivity contribution >= 4 is 11.6 Å². The van der Waals surface area contributed by atoms with E-state index in [1.807, 2.05) is 31.3 Å². The molecular formula is C16H24N2O2. The first-order chi connectivity index (χ1) is 9.81. The van der Waals surface area contributed by atoms with E-state index in [1.54, 1.807) is 0 Å². The van der Waals surface area contributed by atoms with Crippen molar-refractivity contribution in [1.29, 1.82) is 0 Å². The van der Waals surface area contributed by atoms with Gasteiger partial charge in [-0.3, -0.25) is 4.79 Å². The zero-order valence-electron chi connectivity index (χ0n) is 12.2. The third kappa shape index (κ3) is 4.23. The molecule has 0 radical (unpaired) electrons. The highest BCUT2D eigenvalue weighted by atomic mass is 16.5. The van der Waals surface area contributed by atoms with Gasteiger partial charge in [0.15, 0.2) is 0 Å². The Kier molecular flexibility index (Phi) is 5.87. The lowest BCUT2D eigenvalue weighted by Crippen LogP contribution is -2.29. The zero-order chi connectivity index (χ0) is 14.2. The van der Waals surface area contributed by atoms with Crippen LogP contribution in [0.3, 0.4) is 0 Å². The van der Waals surface area contributed by atoms with Crippen molar-refractivity contribution in [3.63, 3.8) is 0 Å². The number of para-hydroxylation sites is 1. The van der Waals surface area contributed by atoms with E-state index in [-0.39, 0.29) is 5.91 Å². The highest BCUT2D eigenvalue weighted by molar-refractivity contribution is 5.99. The topological polar surface area (TPSA) is 50.4 Å². The summed E-state index contributed by atoms with van der Waals surface area (Å²) in [5.41, 5.74) is 1.52. The molecule has 2 N–H and O–H groups in total. The summed E-state index contributed by atoms with van der Waals surface area (Å²) in [6.07, 6.45) is 6.59. The Morgan fingerprint density at radius 3 is 2.75 bits per heavy atom. The van der Waals surface area contributed by atoms with E-state index >= 15 is 0 Å². The lowest BCUT2D eigenvalue weighted by Gasteiger charge is -2.22. The summed E-state index contributed by atoms with van der Waals surface area (Å²) < 4.78 is 5.80. The van der Waals surface area contributed by atoms with Crippen LogP contribution in [-0.2, 0) is 4.74 Å². The van der Waals surface area contributed by atoms with Crippen molar-refractivity contribution < 1.29 is 9.53 Å². The smallest absolute Gasteiger partial charge is 0.253 e. The fourth-order valence-electron chi connectivity index (χ4n) is 2.62. The van der Waals surface area contributed by atoms with Crippen molar-refractivity contribution in [2.24, 2.45) is 0 Å². The molecule has 1 aliphatic rings. The molecule has 0 aromatic heterocycles. The van der Waals surface area contributed by atoms with E-state index in [9.17, 15) is 4.79 Å². The highest BCUT2D eigenvalue weighted by Crippen LogP contribution is 2.20. The van der Waals surface area contributed by atoms with Crippen LogP contribution in [0.4, 0.5) is 5.69 Å². The van der Waals surface area contributed by atoms with E-state index in [4.69, 9.17) is 4.74 Å². The maximum Gasteiger partial charge on any atom is 0.253 e. The second-order valence-corrected chi connectivity index (χ2v) is 5.18. The molecular weight excluding hydrogens is 252 g/mol. The molecule has 20 heavy (non-hydrogen) atoms. The monoisotopic (exact) mass is 276 g/mol. The molecule has 0 heterocycles. The lowest BCUT2D eigenvalue weighted by atomic mass is 9.98. The molecule has 0 unspecified atom stereocenters. The minimum atomic E-state index is -0.0535. The Labute approximate surface area is 120 Å². The van der Waals surface area contributed by atoms with E-state index in [2.05, 4.69) is 10.6 Å². The normalized spacial score (nSPS) is 15.8. The number of nitrogens with one attached hydrogen (secondary N) is 2. The van der Waals surface area contributed by atoms with Crippen molar-refractivity contribution in [3.8, 4) is 0 Å². The molecule has 1 fully saturated rings. The van der Waals surface area contributed by atoms with Gasteiger partial charge in [-0.2, -0.15) is 0 Å². The molecule has 0 spiro atoms. The standard InChI is InChI=1S/C16H24N2O2/c1-17-15-10-6-5-9-14(15)16(19)18-11-12-20-13-7-3-2-4-8-13/h5-6,9-10,13,17H,2-4,7-8,11-12H2,1H3,(H,18,19). The van der Waals surface area contributed by atoms with Crippen LogP contribution < -0.4 is 10.6 Å². The second-order valence-electron chi connectivity index (χ2n) is 5.18. The zero-order valence-corrected chi connectivity index (χ0v) is 12.2. The van der Waals surface area contributed by atoms with E-state index < -0.39 is 0 Å². The maximum absolute atomic E-state index is 12.1. The molecule has 0 atom stereocenters. The van der Waals surface area contributed by atoms with Gasteiger partial charge in [0.2, 0.25) is 0 Å². The predicted molar refractivity (Wildman–Crippen MR) is 81.1 cm³/mol. The molecule has 0 saturated heterocycles. The summed E-state index contributed by atoms with van der Waals surface area (Å²) in [4.78, 5) is 12.1. The van der Waals surface area contributed by atoms with Gasteiger partial charge in [0.05, 0.1) is 18.3 Å². The minimum Gasteiger partial charge on any atom is -0.387 e. The van der Waals surface area contributed by atoms with Crippen LogP contribution in [0.25, 0.3) is 0 Å². The number of hydrogen-bond donors (Lipinski definition) is 2. The first-order valence-corrected chi connectivity index (χ1v) is 7.48. The SMILES string of the molecule is CNc1ccccc1C(=O)NCCOC1CCCCC1. The Hall–Kier alpha value is -1.55. The van der Waals surface area contributed by atoms with Crippen LogP contribution in [0.5, 0.6) is 0 Å². The predicted octanol–water partition coefficient (Wildman–Crippen LogP) is 2.81. The number of hydrogen-bond acceptors (Lipinski definition) is 3. The average Bonchev–Trinajstić information content (AvgIpc) is 2.52. The summed E-state index contributed by atoms with van der Waals surface area (Å²) in [5, 5.41) is 5.94. The molecule has 110 valence electrons. The van der Waals surface area contributed by atoms with Crippen molar-refractivity contribution in [1.82, 2.24) is 5.32 Å². The number of amides is 1. The fraction of sp³-hybridized carbons (Fsp3) is 0.562. The van der Waals surface area contributed by atoms with Gasteiger partial charge in [-0.25, -0.2) is 0 Å². The quantitative estimate of drug-likeness (QED) is 0.786. The second kappa shape index (κ2) is 7.90. The number of benzene rings is 1. The molecule has 1 aliphatic carbocycles. The van der Waals surface area contributed by atoms with Crippen LogP contribution in [0.15, 0.2) is 24.3 Å². The lowest BCUT2D eigenvalue weighted by molar-refractivity contribution is 0.0299. The molecule has 0 aliphatic heterocycles. The molecule has 4 nitrogen and oxygen atoms in total. The van der Waals surface area contributed by atoms with Gasteiger partial charge < -0.3 is 15.4 Å². The van der Waals surface area contributed by atoms with Gasteiger partial charge in [-0.15, -0.1) is 0 Å². The molecule has 4 heteroatoms. The van der Waals surface area contributed by atoms with Crippen molar-refractivity contribution in [2.45, 2.75) is 38.2 Å². The third-order valence-corrected chi connectivity index (χ3v) is 3.73. The molecule has 1 aromatic carbocycles. The molecule has 2 rings (SSSR count). The third-order valence-electron chi connectivity index (χ3n) is 3.73. The molecule has 1 aromatic rings. The van der Waals surface area contributed by atoms with Gasteiger partial charge in [0.25, 0.3) is 5.91 Å². The first-order valence-electron chi connectivity index (χ1n) is 7.48. The number of ether oxygens (including phenoxy) is 1. The van der Waals surface area contributed by atoms with Gasteiger partial charge in [0, 0.05) is 19.3 Å². The number of carbonyl (C=O) groups excluding carboxylic acids is 1. The highest BCUT2D eigenvalue weighted by Gasteiger charge is 2.14. The largest absolute Gasteiger partial charge is 0.387 e. The van der Waals surface area contributed by atoms with Crippen LogP contribution in [0.1, 0.15) is 42.5 Å². The maximum atomic E-state index is 12.1. The van der Waals surface area contributed by atoms with Crippen LogP contribution in [0, 0.1) is 0 Å². The van der Waals surface area contributed by atoms with Crippen molar-refractivity contribution in [3.05, 3.63) is 29.8 Å². The summed E-state index contributed by atoms with van der Waals surface area (Å²) in [7, 11) is 1.82. The van der Waals surface area contributed by atoms with E-state index in [1.165, 1.54) is 19.3 Å². The minimum absolute atomic E-state index is 0.0535.